The Morgan fingerprint density at radius 2 is 2.00 bits per heavy atom. The van der Waals surface area contributed by atoms with Gasteiger partial charge in [-0.1, -0.05) is 6.07 Å². The molecule has 21 heavy (non-hydrogen) atoms. The highest BCUT2D eigenvalue weighted by Crippen LogP contribution is 2.27. The fraction of sp³-hybridized carbons (Fsp3) is 0.333. The third-order valence-electron chi connectivity index (χ3n) is 3.72. The lowest BCUT2D eigenvalue weighted by Crippen LogP contribution is -2.13. The average Bonchev–Trinajstić information content (AvgIpc) is 3.04. The Kier molecular flexibility index (Phi) is 3.51. The van der Waals surface area contributed by atoms with Crippen molar-refractivity contribution in [1.29, 1.82) is 0 Å². The number of nitrogens with one attached hydrogen (secondary N) is 1. The highest BCUT2D eigenvalue weighted by molar-refractivity contribution is 7.92. The van der Waals surface area contributed by atoms with Gasteiger partial charge in [0.2, 0.25) is 0 Å². The molecule has 0 aliphatic heterocycles. The standard InChI is InChI=1S/C15H17NO4S/c1-10-15(8-14(9-17)20-10)21(18,19)16-13-6-5-11-3-2-4-12(11)7-13/h5-8,16-17H,2-4,9H2,1H3. The van der Waals surface area contributed by atoms with Crippen LogP contribution in [-0.4, -0.2) is 13.5 Å². The van der Waals surface area contributed by atoms with Crippen LogP contribution in [-0.2, 0) is 29.5 Å². The van der Waals surface area contributed by atoms with Crippen LogP contribution >= 0.6 is 0 Å². The lowest BCUT2D eigenvalue weighted by molar-refractivity contribution is 0.245. The molecule has 0 amide bonds. The summed E-state index contributed by atoms with van der Waals surface area (Å²) in [6, 6.07) is 7.00. The Bertz CT molecular complexity index is 777. The zero-order chi connectivity index (χ0) is 15.0. The topological polar surface area (TPSA) is 79.5 Å². The summed E-state index contributed by atoms with van der Waals surface area (Å²) in [6.45, 7) is 1.24. The van der Waals surface area contributed by atoms with Gasteiger partial charge in [0.1, 0.15) is 23.0 Å². The second-order valence-electron chi connectivity index (χ2n) is 5.23. The molecule has 0 atom stereocenters. The van der Waals surface area contributed by atoms with Crippen LogP contribution < -0.4 is 4.72 Å². The van der Waals surface area contributed by atoms with Crippen molar-refractivity contribution in [3.8, 4) is 0 Å². The first kappa shape index (κ1) is 14.2. The number of aliphatic hydroxyl groups is 1. The maximum absolute atomic E-state index is 12.4. The molecule has 0 fully saturated rings. The molecule has 1 aromatic heterocycles. The molecule has 0 saturated carbocycles. The summed E-state index contributed by atoms with van der Waals surface area (Å²) in [4.78, 5) is 0.0621. The van der Waals surface area contributed by atoms with Gasteiger partial charge in [-0.15, -0.1) is 0 Å². The summed E-state index contributed by atoms with van der Waals surface area (Å²) in [5.41, 5.74) is 3.05. The summed E-state index contributed by atoms with van der Waals surface area (Å²) in [7, 11) is -3.71. The molecule has 1 heterocycles. The Morgan fingerprint density at radius 1 is 1.24 bits per heavy atom. The highest BCUT2D eigenvalue weighted by Gasteiger charge is 2.22. The Hall–Kier alpha value is -1.79. The second kappa shape index (κ2) is 5.20. The van der Waals surface area contributed by atoms with Crippen LogP contribution in [0.3, 0.4) is 0 Å². The lowest BCUT2D eigenvalue weighted by atomic mass is 10.1. The second-order valence-corrected chi connectivity index (χ2v) is 6.88. The largest absolute Gasteiger partial charge is 0.462 e. The predicted octanol–water partition coefficient (Wildman–Crippen LogP) is 2.37. The third-order valence-corrected chi connectivity index (χ3v) is 5.21. The molecule has 0 unspecified atom stereocenters. The molecule has 0 saturated heterocycles. The van der Waals surface area contributed by atoms with E-state index in [4.69, 9.17) is 9.52 Å². The van der Waals surface area contributed by atoms with E-state index in [1.54, 1.807) is 13.0 Å². The van der Waals surface area contributed by atoms with E-state index in [1.807, 2.05) is 12.1 Å². The van der Waals surface area contributed by atoms with Crippen molar-refractivity contribution >= 4 is 15.7 Å². The zero-order valence-electron chi connectivity index (χ0n) is 11.7. The quantitative estimate of drug-likeness (QED) is 0.909. The first-order chi connectivity index (χ1) is 9.99. The average molecular weight is 307 g/mol. The molecule has 0 radical (unpaired) electrons. The molecule has 0 bridgehead atoms. The number of hydrogen-bond acceptors (Lipinski definition) is 4. The molecule has 2 aromatic rings. The van der Waals surface area contributed by atoms with E-state index in [1.165, 1.54) is 17.2 Å². The molecule has 112 valence electrons. The van der Waals surface area contributed by atoms with Crippen molar-refractivity contribution in [3.05, 3.63) is 46.9 Å². The van der Waals surface area contributed by atoms with Crippen LogP contribution in [0.5, 0.6) is 0 Å². The minimum Gasteiger partial charge on any atom is -0.462 e. The van der Waals surface area contributed by atoms with Crippen molar-refractivity contribution in [1.82, 2.24) is 0 Å². The number of furan rings is 1. The summed E-state index contributed by atoms with van der Waals surface area (Å²) >= 11 is 0. The highest BCUT2D eigenvalue weighted by atomic mass is 32.2. The number of aliphatic hydroxyl groups excluding tert-OH is 1. The molecule has 5 nitrogen and oxygen atoms in total. The first-order valence-electron chi connectivity index (χ1n) is 6.84. The normalized spacial score (nSPS) is 14.2. The minimum absolute atomic E-state index is 0.0621. The molecule has 1 aromatic carbocycles. The number of aryl methyl sites for hydroxylation is 3. The number of hydrogen-bond donors (Lipinski definition) is 2. The van der Waals surface area contributed by atoms with Gasteiger partial charge in [0.15, 0.2) is 0 Å². The number of sulfonamides is 1. The molecule has 0 spiro atoms. The van der Waals surface area contributed by atoms with Crippen molar-refractivity contribution in [2.75, 3.05) is 4.72 Å². The van der Waals surface area contributed by atoms with Gasteiger partial charge in [0, 0.05) is 11.8 Å². The van der Waals surface area contributed by atoms with E-state index in [0.29, 0.717) is 5.69 Å². The van der Waals surface area contributed by atoms with Crippen LogP contribution in [0, 0.1) is 6.92 Å². The van der Waals surface area contributed by atoms with Gasteiger partial charge in [0.05, 0.1) is 0 Å². The Labute approximate surface area is 123 Å². The van der Waals surface area contributed by atoms with Crippen LogP contribution in [0.25, 0.3) is 0 Å². The molecule has 3 rings (SSSR count). The van der Waals surface area contributed by atoms with E-state index in [0.717, 1.165) is 19.3 Å². The smallest absolute Gasteiger partial charge is 0.265 e. The van der Waals surface area contributed by atoms with Gasteiger partial charge in [-0.05, 0) is 49.4 Å². The molecule has 6 heteroatoms. The maximum atomic E-state index is 12.4. The number of anilines is 1. The predicted molar refractivity (Wildman–Crippen MR) is 78.6 cm³/mol. The molecular formula is C15H17NO4S. The maximum Gasteiger partial charge on any atom is 0.265 e. The summed E-state index contributed by atoms with van der Waals surface area (Å²) in [5.74, 6) is 0.509. The van der Waals surface area contributed by atoms with E-state index < -0.39 is 10.0 Å². The molecular weight excluding hydrogens is 290 g/mol. The van der Waals surface area contributed by atoms with E-state index in [9.17, 15) is 8.42 Å². The van der Waals surface area contributed by atoms with Gasteiger partial charge < -0.3 is 9.52 Å². The van der Waals surface area contributed by atoms with Crippen LogP contribution in [0.2, 0.25) is 0 Å². The van der Waals surface area contributed by atoms with Crippen molar-refractivity contribution in [3.63, 3.8) is 0 Å². The number of rotatable bonds is 4. The number of benzene rings is 1. The van der Waals surface area contributed by atoms with E-state index >= 15 is 0 Å². The van der Waals surface area contributed by atoms with E-state index in [-0.39, 0.29) is 23.0 Å². The molecule has 2 N–H and O–H groups in total. The zero-order valence-corrected chi connectivity index (χ0v) is 12.5. The van der Waals surface area contributed by atoms with Crippen LogP contribution in [0.4, 0.5) is 5.69 Å². The fourth-order valence-electron chi connectivity index (χ4n) is 2.71. The van der Waals surface area contributed by atoms with Crippen LogP contribution in [0.15, 0.2) is 33.6 Å². The van der Waals surface area contributed by atoms with Crippen LogP contribution in [0.1, 0.15) is 29.1 Å². The van der Waals surface area contributed by atoms with Crippen molar-refractivity contribution < 1.29 is 17.9 Å². The fourth-order valence-corrected chi connectivity index (χ4v) is 3.97. The monoisotopic (exact) mass is 307 g/mol. The van der Waals surface area contributed by atoms with Gasteiger partial charge in [-0.2, -0.15) is 0 Å². The lowest BCUT2D eigenvalue weighted by Gasteiger charge is -2.08. The summed E-state index contributed by atoms with van der Waals surface area (Å²) in [6.07, 6.45) is 3.17. The van der Waals surface area contributed by atoms with Crippen molar-refractivity contribution in [2.45, 2.75) is 37.7 Å². The summed E-state index contributed by atoms with van der Waals surface area (Å²) < 4.78 is 32.6. The van der Waals surface area contributed by atoms with Gasteiger partial charge in [-0.25, -0.2) is 8.42 Å². The molecule has 1 aliphatic carbocycles. The Morgan fingerprint density at radius 3 is 2.71 bits per heavy atom. The van der Waals surface area contributed by atoms with E-state index in [2.05, 4.69) is 4.72 Å². The SMILES string of the molecule is Cc1oc(CO)cc1S(=O)(=O)Nc1ccc2c(c1)CCC2. The van der Waals surface area contributed by atoms with Gasteiger partial charge >= 0.3 is 0 Å². The number of fused-ring (bicyclic) bond motifs is 1. The Balaban J connectivity index is 1.90. The van der Waals surface area contributed by atoms with Gasteiger partial charge in [-0.3, -0.25) is 4.72 Å². The minimum atomic E-state index is -3.71. The van der Waals surface area contributed by atoms with Crippen molar-refractivity contribution in [2.24, 2.45) is 0 Å². The summed E-state index contributed by atoms with van der Waals surface area (Å²) in [5, 5.41) is 9.03. The van der Waals surface area contributed by atoms with Gasteiger partial charge in [0.25, 0.3) is 10.0 Å². The third kappa shape index (κ3) is 2.69. The first-order valence-corrected chi connectivity index (χ1v) is 8.33. The molecule has 1 aliphatic rings.